The molecule has 33 nitrogen and oxygen atoms in total. The Bertz CT molecular complexity index is 3430. The number of carbonyl (C=O) groups is 4. The number of H-pyrrole nitrogens is 2. The van der Waals surface area contributed by atoms with Gasteiger partial charge in [-0.05, 0) is 76.2 Å². The zero-order valence-electron chi connectivity index (χ0n) is 56.2. The molecule has 3 amide bonds. The molecule has 6 aromatic rings. The van der Waals surface area contributed by atoms with E-state index >= 15 is 0 Å². The van der Waals surface area contributed by atoms with Crippen LogP contribution in [0.3, 0.4) is 0 Å². The molecule has 1 unspecified atom stereocenters. The van der Waals surface area contributed by atoms with Crippen LogP contribution in [0.1, 0.15) is 91.0 Å². The van der Waals surface area contributed by atoms with Crippen LogP contribution < -0.4 is 44.7 Å². The van der Waals surface area contributed by atoms with Crippen molar-refractivity contribution in [2.45, 2.75) is 98.7 Å². The predicted octanol–water partition coefficient (Wildman–Crippen LogP) is 6.36. The van der Waals surface area contributed by atoms with E-state index in [0.717, 1.165) is 70.5 Å². The van der Waals surface area contributed by atoms with Gasteiger partial charge in [0.2, 0.25) is 5.78 Å². The van der Waals surface area contributed by atoms with Gasteiger partial charge in [-0.15, -0.1) is 55.5 Å². The molecule has 10 heterocycles. The quantitative estimate of drug-likeness (QED) is 0.0165. The van der Waals surface area contributed by atoms with Gasteiger partial charge >= 0.3 is 55.4 Å². The van der Waals surface area contributed by atoms with Crippen molar-refractivity contribution in [1.29, 1.82) is 10.5 Å². The van der Waals surface area contributed by atoms with Gasteiger partial charge in [0.15, 0.2) is 34.3 Å². The molecule has 39 heteroatoms. The van der Waals surface area contributed by atoms with Crippen LogP contribution in [0.2, 0.25) is 0 Å². The third-order valence-corrected chi connectivity index (χ3v) is 18.2. The van der Waals surface area contributed by atoms with Crippen molar-refractivity contribution in [3.8, 4) is 33.5 Å². The van der Waals surface area contributed by atoms with E-state index in [1.165, 1.54) is 38.9 Å². The van der Waals surface area contributed by atoms with E-state index in [0.29, 0.717) is 89.2 Å². The van der Waals surface area contributed by atoms with E-state index in [1.54, 1.807) is 81.0 Å². The van der Waals surface area contributed by atoms with E-state index in [9.17, 15) is 34.3 Å². The molecule has 0 radical (unpaired) electrons. The SMILES string of the molecule is CC(C)(C)OC(=O)N1CCN(/C(C#N)=C/c2nccs2)CC1.CC(C)(C)OC(=O)N1CCN(c2n[nH]nc2-c2nccs2)CC1.CCOP(=O)(OCC)C(C#N)N1CCN(C(=O)OC(C)(C)C)CC1.O=Cc1nccs1.[N-]=[N+]=[N-].[Na+].c1csc(-c2n[nH]nc2N2CCNCC2)n1. The van der Waals surface area contributed by atoms with Crippen LogP contribution in [0, 0.1) is 22.7 Å². The number of thiazole rings is 4. The number of rotatable bonds is 13. The molecule has 10 rings (SSSR count). The number of amides is 3. The minimum absolute atomic E-state index is 0. The number of nitrogens with zero attached hydrogens (tertiary/aromatic N) is 20. The maximum Gasteiger partial charge on any atom is 1.00 e. The number of piperazine rings is 4. The van der Waals surface area contributed by atoms with Gasteiger partial charge < -0.3 is 69.0 Å². The number of anilines is 2. The summed E-state index contributed by atoms with van der Waals surface area (Å²) in [6.07, 6.45) is 8.44. The molecule has 516 valence electrons. The van der Waals surface area contributed by atoms with E-state index in [1.807, 2.05) is 89.4 Å². The molecule has 0 aromatic carbocycles. The number of aromatic amines is 2. The monoisotopic (exact) mass is 1430 g/mol. The van der Waals surface area contributed by atoms with E-state index < -0.39 is 30.2 Å². The van der Waals surface area contributed by atoms with E-state index in [4.69, 9.17) is 34.3 Å². The van der Waals surface area contributed by atoms with Gasteiger partial charge in [-0.2, -0.15) is 31.1 Å². The fourth-order valence-corrected chi connectivity index (χ4v) is 13.0. The molecule has 0 saturated carbocycles. The molecule has 4 fully saturated rings. The first kappa shape index (κ1) is 81.2. The van der Waals surface area contributed by atoms with Crippen molar-refractivity contribution in [1.82, 2.24) is 80.6 Å². The molecule has 6 aromatic heterocycles. The van der Waals surface area contributed by atoms with Crippen LogP contribution in [0.4, 0.5) is 26.0 Å². The van der Waals surface area contributed by atoms with Crippen molar-refractivity contribution in [3.63, 3.8) is 0 Å². The Balaban J connectivity index is 0.000000260. The Kier molecular flexibility index (Phi) is 34.2. The second kappa shape index (κ2) is 40.5. The average molecular weight is 1430 g/mol. The fourth-order valence-electron chi connectivity index (χ4n) is 8.90. The Morgan fingerprint density at radius 2 is 0.969 bits per heavy atom. The zero-order valence-corrected chi connectivity index (χ0v) is 62.3. The molecule has 4 saturated heterocycles. The minimum Gasteiger partial charge on any atom is -0.444 e. The maximum atomic E-state index is 12.8. The summed E-state index contributed by atoms with van der Waals surface area (Å²) in [5.74, 6) is 0.721. The first-order chi connectivity index (χ1) is 45.3. The number of carbonyl (C=O) groups excluding carboxylic acids is 4. The van der Waals surface area contributed by atoms with Gasteiger partial charge in [0.1, 0.15) is 43.6 Å². The summed E-state index contributed by atoms with van der Waals surface area (Å²) in [5.41, 5.74) is 14.2. The van der Waals surface area contributed by atoms with Crippen LogP contribution in [-0.2, 0) is 27.8 Å². The summed E-state index contributed by atoms with van der Waals surface area (Å²) in [7, 11) is -3.54. The molecular weight excluding hydrogens is 1350 g/mol. The largest absolute Gasteiger partial charge is 1.00 e. The van der Waals surface area contributed by atoms with E-state index in [-0.39, 0.29) is 61.1 Å². The molecule has 1 atom stereocenters. The van der Waals surface area contributed by atoms with Crippen molar-refractivity contribution >= 4 is 95.2 Å². The first-order valence-electron chi connectivity index (χ1n) is 30.2. The first-order valence-corrected chi connectivity index (χ1v) is 35.3. The number of allylic oxidation sites excluding steroid dienone is 1. The second-order valence-electron chi connectivity index (χ2n) is 23.3. The van der Waals surface area contributed by atoms with Crippen LogP contribution >= 0.6 is 52.9 Å². The number of aromatic nitrogens is 10. The Labute approximate surface area is 596 Å². The zero-order chi connectivity index (χ0) is 69.6. The number of nitrogens with one attached hydrogen (secondary N) is 3. The van der Waals surface area contributed by atoms with Crippen LogP contribution in [0.15, 0.2) is 52.0 Å². The van der Waals surface area contributed by atoms with Gasteiger partial charge in [0, 0.05) is 157 Å². The van der Waals surface area contributed by atoms with Gasteiger partial charge in [-0.25, -0.2) is 34.3 Å². The topological polar surface area (TPSA) is 407 Å². The summed E-state index contributed by atoms with van der Waals surface area (Å²) >= 11 is 5.95. The number of aldehydes is 1. The maximum absolute atomic E-state index is 12.8. The third kappa shape index (κ3) is 27.0. The van der Waals surface area contributed by atoms with E-state index in [2.05, 4.69) is 71.9 Å². The van der Waals surface area contributed by atoms with Crippen molar-refractivity contribution < 1.29 is 76.6 Å². The predicted molar refractivity (Wildman–Crippen MR) is 362 cm³/mol. The summed E-state index contributed by atoms with van der Waals surface area (Å²) in [6, 6.07) is 4.25. The van der Waals surface area contributed by atoms with Crippen LogP contribution in [0.25, 0.3) is 43.5 Å². The molecule has 0 aliphatic carbocycles. The minimum atomic E-state index is -3.54. The molecular formula is C57H83N23NaO10PS4. The number of hydrogen-bond acceptors (Lipinski definition) is 29. The number of ether oxygens (including phenoxy) is 3. The summed E-state index contributed by atoms with van der Waals surface area (Å²) in [6.45, 7) is 30.8. The van der Waals surface area contributed by atoms with Crippen molar-refractivity contribution in [3.05, 3.63) is 78.0 Å². The standard InChI is InChI=1S/C15H20N4O2S.C15H28N3O5P.C14H20N6O2S.C9H12N6S.C4H3NOS.N3.Na/c1-15(2,3)21-14(20)19-7-5-18(6-8-19)12(11-16)10-13-17-4-9-22-13;1-6-21-24(20,22-7-2)13(12-16)17-8-10-18(11-9-17)14(19)23-15(3,4)5;1-14(2,3)22-13(21)20-7-5-19(6-8-20)11-10(16-18-17-11)12-15-4-9-23-12;1-4-15(5-2-10-1)8-7(12-14-13-8)9-11-3-6-16-9;6-3-4-5-1-2-7-4;1-3-2;/h4,9-10H,5-8H2,1-3H3;13H,6-11H2,1-5H3;4,9H,5-8H2,1-3H3,(H,16,17,18);3,6,10H,1-2,4-5H2,(H,12,13,14);1-3H;;/q;;;;;-1;+1/b12-10+;;;;;;. The molecule has 96 heavy (non-hydrogen) atoms. The molecule has 3 N–H and O–H groups in total. The van der Waals surface area contributed by atoms with Crippen molar-refractivity contribution in [2.24, 2.45) is 0 Å². The Morgan fingerprint density at radius 3 is 1.31 bits per heavy atom. The molecule has 4 aliphatic rings. The number of nitriles is 2. The summed E-state index contributed by atoms with van der Waals surface area (Å²) in [4.78, 5) is 77.0. The molecule has 0 bridgehead atoms. The fraction of sp³-hybridized carbons (Fsp3) is 0.579. The van der Waals surface area contributed by atoms with Gasteiger partial charge in [-0.3, -0.25) is 19.2 Å². The van der Waals surface area contributed by atoms with Crippen molar-refractivity contribution in [2.75, 3.05) is 128 Å². The molecule has 0 spiro atoms. The average Bonchev–Trinajstić information content (AvgIpc) is 1.68. The Morgan fingerprint density at radius 1 is 0.594 bits per heavy atom. The number of hydrogen-bond donors (Lipinski definition) is 3. The summed E-state index contributed by atoms with van der Waals surface area (Å²) in [5, 5.41) is 54.9. The normalized spacial score (nSPS) is 15.5. The van der Waals surface area contributed by atoms with Gasteiger partial charge in [0.05, 0.1) is 19.3 Å². The summed E-state index contributed by atoms with van der Waals surface area (Å²) < 4.78 is 39.5. The van der Waals surface area contributed by atoms with Gasteiger partial charge in [-0.1, -0.05) is 0 Å². The smallest absolute Gasteiger partial charge is 0.444 e. The van der Waals surface area contributed by atoms with Crippen LogP contribution in [-0.4, -0.2) is 240 Å². The van der Waals surface area contributed by atoms with Gasteiger partial charge in [0.25, 0.3) is 0 Å². The van der Waals surface area contributed by atoms with Crippen LogP contribution in [0.5, 0.6) is 0 Å². The Hall–Kier alpha value is -7.22. The third-order valence-electron chi connectivity index (χ3n) is 13.0. The molecule has 4 aliphatic heterocycles. The second-order valence-corrected chi connectivity index (χ2v) is 29.0.